The highest BCUT2D eigenvalue weighted by Crippen LogP contribution is 2.25. The fraction of sp³-hybridized carbons (Fsp3) is 0.118. The van der Waals surface area contributed by atoms with Crippen molar-refractivity contribution < 1.29 is 13.2 Å². The first-order chi connectivity index (χ1) is 11.6. The van der Waals surface area contributed by atoms with Gasteiger partial charge in [0.15, 0.2) is 0 Å². The van der Waals surface area contributed by atoms with E-state index < -0.39 is 10.0 Å². The number of fused-ring (bicyclic) bond motifs is 1. The zero-order valence-corrected chi connectivity index (χ0v) is 13.5. The first kappa shape index (κ1) is 14.9. The van der Waals surface area contributed by atoms with Crippen LogP contribution >= 0.6 is 0 Å². The van der Waals surface area contributed by atoms with E-state index in [4.69, 9.17) is 4.74 Å². The van der Waals surface area contributed by atoms with Crippen LogP contribution < -0.4 is 4.72 Å². The van der Waals surface area contributed by atoms with E-state index in [9.17, 15) is 8.42 Å². The molecule has 122 valence electrons. The standard InChI is InChI=1S/C17H15N3O3S/c21-24(22,16-6-3-13-10-23-11-14(13)9-16)20-15-4-1-12(2-5-15)17-7-8-18-19-17/h1-9,20H,10-11H2,(H,18,19). The Bertz CT molecular complexity index is 965. The van der Waals surface area contributed by atoms with Gasteiger partial charge in [-0.2, -0.15) is 5.10 Å². The molecule has 2 aromatic carbocycles. The summed E-state index contributed by atoms with van der Waals surface area (Å²) in [5, 5.41) is 6.77. The highest BCUT2D eigenvalue weighted by Gasteiger charge is 2.18. The van der Waals surface area contributed by atoms with Crippen LogP contribution in [0.3, 0.4) is 0 Å². The second-order valence-electron chi connectivity index (χ2n) is 5.58. The second kappa shape index (κ2) is 5.77. The molecule has 2 heterocycles. The molecule has 3 aromatic rings. The van der Waals surface area contributed by atoms with Gasteiger partial charge in [0.2, 0.25) is 0 Å². The average molecular weight is 341 g/mol. The molecule has 7 heteroatoms. The summed E-state index contributed by atoms with van der Waals surface area (Å²) in [4.78, 5) is 0.240. The summed E-state index contributed by atoms with van der Waals surface area (Å²) in [6.07, 6.45) is 1.67. The molecule has 1 aliphatic rings. The maximum atomic E-state index is 12.5. The van der Waals surface area contributed by atoms with Crippen LogP contribution in [-0.4, -0.2) is 18.6 Å². The molecule has 0 radical (unpaired) electrons. The van der Waals surface area contributed by atoms with Crippen molar-refractivity contribution in [2.45, 2.75) is 18.1 Å². The minimum atomic E-state index is -3.63. The van der Waals surface area contributed by atoms with Gasteiger partial charge in [-0.05, 0) is 47.0 Å². The molecule has 0 amide bonds. The summed E-state index contributed by atoms with van der Waals surface area (Å²) in [6, 6.07) is 14.1. The zero-order valence-electron chi connectivity index (χ0n) is 12.7. The lowest BCUT2D eigenvalue weighted by Gasteiger charge is -2.09. The molecule has 2 N–H and O–H groups in total. The summed E-state index contributed by atoms with van der Waals surface area (Å²) in [5.74, 6) is 0. The molecule has 0 aliphatic carbocycles. The summed E-state index contributed by atoms with van der Waals surface area (Å²) in [6.45, 7) is 0.996. The number of aromatic nitrogens is 2. The van der Waals surface area contributed by atoms with E-state index >= 15 is 0 Å². The van der Waals surface area contributed by atoms with Crippen molar-refractivity contribution in [2.75, 3.05) is 4.72 Å². The predicted octanol–water partition coefficient (Wildman–Crippen LogP) is 2.91. The van der Waals surface area contributed by atoms with Crippen LogP contribution in [0.25, 0.3) is 11.3 Å². The van der Waals surface area contributed by atoms with Crippen LogP contribution in [0.2, 0.25) is 0 Å². The van der Waals surface area contributed by atoms with Crippen molar-refractivity contribution in [1.29, 1.82) is 0 Å². The minimum Gasteiger partial charge on any atom is -0.372 e. The van der Waals surface area contributed by atoms with Gasteiger partial charge in [-0.25, -0.2) is 8.42 Å². The van der Waals surface area contributed by atoms with E-state index in [0.29, 0.717) is 18.9 Å². The van der Waals surface area contributed by atoms with Crippen LogP contribution in [0.1, 0.15) is 11.1 Å². The topological polar surface area (TPSA) is 84.1 Å². The third-order valence-corrected chi connectivity index (χ3v) is 5.33. The Morgan fingerprint density at radius 1 is 1.00 bits per heavy atom. The molecule has 0 atom stereocenters. The van der Waals surface area contributed by atoms with Crippen molar-refractivity contribution in [1.82, 2.24) is 10.2 Å². The van der Waals surface area contributed by atoms with Crippen molar-refractivity contribution in [3.05, 3.63) is 65.9 Å². The van der Waals surface area contributed by atoms with E-state index in [2.05, 4.69) is 14.9 Å². The highest BCUT2D eigenvalue weighted by atomic mass is 32.2. The summed E-state index contributed by atoms with van der Waals surface area (Å²) in [5.41, 5.74) is 4.29. The van der Waals surface area contributed by atoms with Crippen LogP contribution in [0, 0.1) is 0 Å². The molecule has 0 fully saturated rings. The number of aromatic amines is 1. The average Bonchev–Trinajstić information content (AvgIpc) is 3.26. The van der Waals surface area contributed by atoms with Crippen LogP contribution in [0.5, 0.6) is 0 Å². The lowest BCUT2D eigenvalue weighted by molar-refractivity contribution is 0.134. The number of ether oxygens (including phenoxy) is 1. The Hall–Kier alpha value is -2.64. The van der Waals surface area contributed by atoms with E-state index in [1.165, 1.54) is 0 Å². The Kier molecular flexibility index (Phi) is 3.59. The minimum absolute atomic E-state index is 0.240. The second-order valence-corrected chi connectivity index (χ2v) is 7.26. The monoisotopic (exact) mass is 341 g/mol. The lowest BCUT2D eigenvalue weighted by atomic mass is 10.1. The Morgan fingerprint density at radius 3 is 2.54 bits per heavy atom. The lowest BCUT2D eigenvalue weighted by Crippen LogP contribution is -2.13. The molecule has 1 aliphatic heterocycles. The third kappa shape index (κ3) is 2.79. The normalized spacial score (nSPS) is 13.7. The van der Waals surface area contributed by atoms with Gasteiger partial charge in [0.25, 0.3) is 10.0 Å². The van der Waals surface area contributed by atoms with Crippen molar-refractivity contribution in [3.63, 3.8) is 0 Å². The SMILES string of the molecule is O=S(=O)(Nc1ccc(-c2ccn[nH]2)cc1)c1ccc2c(c1)COC2. The van der Waals surface area contributed by atoms with Gasteiger partial charge in [-0.1, -0.05) is 18.2 Å². The zero-order chi connectivity index (χ0) is 16.6. The number of nitrogens with zero attached hydrogens (tertiary/aromatic N) is 1. The Balaban J connectivity index is 1.57. The van der Waals surface area contributed by atoms with E-state index in [1.807, 2.05) is 18.2 Å². The number of benzene rings is 2. The van der Waals surface area contributed by atoms with Gasteiger partial charge in [0.1, 0.15) is 0 Å². The van der Waals surface area contributed by atoms with Gasteiger partial charge in [0.05, 0.1) is 23.8 Å². The summed E-state index contributed by atoms with van der Waals surface area (Å²) >= 11 is 0. The van der Waals surface area contributed by atoms with Gasteiger partial charge in [0, 0.05) is 11.9 Å². The fourth-order valence-electron chi connectivity index (χ4n) is 2.66. The molecule has 24 heavy (non-hydrogen) atoms. The number of sulfonamides is 1. The number of anilines is 1. The molecule has 0 unspecified atom stereocenters. The molecule has 4 rings (SSSR count). The molecule has 0 bridgehead atoms. The Morgan fingerprint density at radius 2 is 1.79 bits per heavy atom. The molecule has 0 spiro atoms. The van der Waals surface area contributed by atoms with Gasteiger partial charge in [-0.3, -0.25) is 9.82 Å². The van der Waals surface area contributed by atoms with Gasteiger partial charge >= 0.3 is 0 Å². The third-order valence-electron chi connectivity index (χ3n) is 3.95. The van der Waals surface area contributed by atoms with Gasteiger partial charge < -0.3 is 4.74 Å². The van der Waals surface area contributed by atoms with E-state index in [-0.39, 0.29) is 4.90 Å². The van der Waals surface area contributed by atoms with Crippen LogP contribution in [-0.2, 0) is 28.0 Å². The fourth-order valence-corrected chi connectivity index (χ4v) is 3.77. The van der Waals surface area contributed by atoms with Gasteiger partial charge in [-0.15, -0.1) is 0 Å². The maximum Gasteiger partial charge on any atom is 0.261 e. The van der Waals surface area contributed by atoms with E-state index in [1.54, 1.807) is 36.5 Å². The first-order valence-electron chi connectivity index (χ1n) is 7.44. The maximum absolute atomic E-state index is 12.5. The predicted molar refractivity (Wildman–Crippen MR) is 89.8 cm³/mol. The summed E-state index contributed by atoms with van der Waals surface area (Å²) in [7, 11) is -3.63. The quantitative estimate of drug-likeness (QED) is 0.764. The first-order valence-corrected chi connectivity index (χ1v) is 8.92. The Labute approximate surface area is 139 Å². The van der Waals surface area contributed by atoms with Crippen molar-refractivity contribution in [2.24, 2.45) is 0 Å². The highest BCUT2D eigenvalue weighted by molar-refractivity contribution is 7.92. The number of rotatable bonds is 4. The molecule has 0 saturated carbocycles. The van der Waals surface area contributed by atoms with Crippen molar-refractivity contribution >= 4 is 15.7 Å². The molecule has 0 saturated heterocycles. The van der Waals surface area contributed by atoms with Crippen molar-refractivity contribution in [3.8, 4) is 11.3 Å². The largest absolute Gasteiger partial charge is 0.372 e. The smallest absolute Gasteiger partial charge is 0.261 e. The van der Waals surface area contributed by atoms with Crippen LogP contribution in [0.4, 0.5) is 5.69 Å². The molecular weight excluding hydrogens is 326 g/mol. The van der Waals surface area contributed by atoms with E-state index in [0.717, 1.165) is 22.4 Å². The number of H-pyrrole nitrogens is 1. The molecule has 6 nitrogen and oxygen atoms in total. The number of hydrogen-bond donors (Lipinski definition) is 2. The molecule has 1 aromatic heterocycles. The molecular formula is C17H15N3O3S. The number of hydrogen-bond acceptors (Lipinski definition) is 4. The number of nitrogens with one attached hydrogen (secondary N) is 2. The van der Waals surface area contributed by atoms with Crippen LogP contribution in [0.15, 0.2) is 59.6 Å². The summed E-state index contributed by atoms with van der Waals surface area (Å²) < 4.78 is 33.0.